The lowest BCUT2D eigenvalue weighted by atomic mass is 10.0. The van der Waals surface area contributed by atoms with Crippen LogP contribution in [0.2, 0.25) is 5.02 Å². The lowest BCUT2D eigenvalue weighted by Crippen LogP contribution is -2.14. The molecule has 0 aromatic heterocycles. The van der Waals surface area contributed by atoms with E-state index < -0.39 is 0 Å². The number of benzene rings is 1. The molecule has 23 heavy (non-hydrogen) atoms. The second-order valence-corrected chi connectivity index (χ2v) is 7.02. The number of hydrogen-bond acceptors (Lipinski definition) is 4. The second kappa shape index (κ2) is 11.5. The van der Waals surface area contributed by atoms with Crippen molar-refractivity contribution in [2.45, 2.75) is 50.8 Å². The first-order valence-corrected chi connectivity index (χ1v) is 9.56. The van der Waals surface area contributed by atoms with E-state index in [4.69, 9.17) is 21.7 Å². The molecular weight excluding hydrogens is 330 g/mol. The molecule has 0 heterocycles. The Morgan fingerprint density at radius 3 is 2.87 bits per heavy atom. The third kappa shape index (κ3) is 7.40. The van der Waals surface area contributed by atoms with Crippen molar-refractivity contribution in [2.75, 3.05) is 12.4 Å². The number of esters is 1. The van der Waals surface area contributed by atoms with Gasteiger partial charge in [0, 0.05) is 22.4 Å². The first-order chi connectivity index (χ1) is 11.1. The number of rotatable bonds is 11. The number of nitrogens with one attached hydrogen (secondary N) is 1. The quantitative estimate of drug-likeness (QED) is 0.320. The number of halogens is 1. The fourth-order valence-electron chi connectivity index (χ4n) is 2.18. The van der Waals surface area contributed by atoms with E-state index in [2.05, 4.69) is 13.8 Å². The molecule has 1 unspecified atom stereocenters. The van der Waals surface area contributed by atoms with E-state index in [-0.39, 0.29) is 5.97 Å². The molecule has 128 valence electrons. The summed E-state index contributed by atoms with van der Waals surface area (Å²) in [5, 5.41) is 7.87. The predicted octanol–water partition coefficient (Wildman–Crippen LogP) is 5.58. The summed E-state index contributed by atoms with van der Waals surface area (Å²) >= 11 is 7.73. The van der Waals surface area contributed by atoms with Crippen LogP contribution in [0.5, 0.6) is 0 Å². The zero-order valence-corrected chi connectivity index (χ0v) is 15.5. The van der Waals surface area contributed by atoms with Gasteiger partial charge >= 0.3 is 5.97 Å². The predicted molar refractivity (Wildman–Crippen MR) is 98.9 cm³/mol. The van der Waals surface area contributed by atoms with Gasteiger partial charge in [0.15, 0.2) is 0 Å². The van der Waals surface area contributed by atoms with Gasteiger partial charge in [0.1, 0.15) is 0 Å². The first-order valence-electron chi connectivity index (χ1n) is 8.19. The third-order valence-corrected chi connectivity index (χ3v) is 5.33. The van der Waals surface area contributed by atoms with Crippen LogP contribution < -0.4 is 0 Å². The molecule has 0 aliphatic carbocycles. The molecule has 0 amide bonds. The van der Waals surface area contributed by atoms with Gasteiger partial charge in [-0.15, -0.1) is 11.8 Å². The minimum Gasteiger partial charge on any atom is -0.465 e. The highest BCUT2D eigenvalue weighted by Crippen LogP contribution is 2.29. The normalized spacial score (nSPS) is 12.0. The van der Waals surface area contributed by atoms with Gasteiger partial charge in [0.25, 0.3) is 0 Å². The van der Waals surface area contributed by atoms with E-state index >= 15 is 0 Å². The fraction of sp³-hybridized carbons (Fsp3) is 0.556. The molecule has 1 rings (SSSR count). The van der Waals surface area contributed by atoms with Crippen molar-refractivity contribution >= 4 is 35.5 Å². The summed E-state index contributed by atoms with van der Waals surface area (Å²) in [6.07, 6.45) is 6.15. The van der Waals surface area contributed by atoms with Crippen molar-refractivity contribution in [3.05, 3.63) is 28.8 Å². The van der Waals surface area contributed by atoms with Crippen molar-refractivity contribution in [1.82, 2.24) is 0 Å². The summed E-state index contributed by atoms with van der Waals surface area (Å²) in [5.74, 6) is 0.961. The summed E-state index contributed by atoms with van der Waals surface area (Å²) < 4.78 is 5.38. The Labute approximate surface area is 148 Å². The number of hydrogen-bond donors (Lipinski definition) is 1. The smallest absolute Gasteiger partial charge is 0.306 e. The molecule has 0 spiro atoms. The lowest BCUT2D eigenvalue weighted by Gasteiger charge is -2.14. The van der Waals surface area contributed by atoms with Crippen LogP contribution in [0, 0.1) is 11.3 Å². The lowest BCUT2D eigenvalue weighted by molar-refractivity contribution is -0.144. The summed E-state index contributed by atoms with van der Waals surface area (Å²) in [7, 11) is 0. The van der Waals surface area contributed by atoms with E-state index in [0.29, 0.717) is 35.3 Å². The standard InChI is InChI=1S/C18H26ClNO2S/c1-3-5-7-14(4-2)13-22-17(21)10-11-23-16-9-6-8-15(12-20)18(16)19/h6,8-9,12,14,20H,3-5,7,10-11,13H2,1-2H3. The molecule has 0 radical (unpaired) electrons. The van der Waals surface area contributed by atoms with Gasteiger partial charge in [-0.2, -0.15) is 0 Å². The summed E-state index contributed by atoms with van der Waals surface area (Å²) in [6, 6.07) is 5.57. The van der Waals surface area contributed by atoms with Gasteiger partial charge in [-0.05, 0) is 18.4 Å². The van der Waals surface area contributed by atoms with Crippen molar-refractivity contribution < 1.29 is 9.53 Å². The maximum absolute atomic E-state index is 11.8. The number of carbonyl (C=O) groups excluding carboxylic acids is 1. The molecule has 1 aromatic carbocycles. The Morgan fingerprint density at radius 2 is 2.22 bits per heavy atom. The third-order valence-electron chi connectivity index (χ3n) is 3.74. The molecule has 1 aromatic rings. The van der Waals surface area contributed by atoms with Crippen molar-refractivity contribution in [3.63, 3.8) is 0 Å². The fourth-order valence-corrected chi connectivity index (χ4v) is 3.43. The highest BCUT2D eigenvalue weighted by Gasteiger charge is 2.11. The van der Waals surface area contributed by atoms with Crippen LogP contribution >= 0.6 is 23.4 Å². The van der Waals surface area contributed by atoms with Crippen molar-refractivity contribution in [1.29, 1.82) is 5.41 Å². The van der Waals surface area contributed by atoms with Crippen LogP contribution in [0.15, 0.2) is 23.1 Å². The van der Waals surface area contributed by atoms with Crippen molar-refractivity contribution in [3.8, 4) is 0 Å². The van der Waals surface area contributed by atoms with Crippen molar-refractivity contribution in [2.24, 2.45) is 5.92 Å². The summed E-state index contributed by atoms with van der Waals surface area (Å²) in [5.41, 5.74) is 0.695. The number of carbonyl (C=O) groups is 1. The first kappa shape index (κ1) is 20.0. The van der Waals surface area contributed by atoms with Crippen LogP contribution in [0.25, 0.3) is 0 Å². The Hall–Kier alpha value is -1.00. The Balaban J connectivity index is 2.32. The molecule has 0 saturated heterocycles. The van der Waals surface area contributed by atoms with E-state index in [1.165, 1.54) is 30.8 Å². The van der Waals surface area contributed by atoms with Crippen LogP contribution in [0.3, 0.4) is 0 Å². The van der Waals surface area contributed by atoms with Crippen LogP contribution in [0.1, 0.15) is 51.5 Å². The summed E-state index contributed by atoms with van der Waals surface area (Å²) in [4.78, 5) is 12.7. The molecule has 0 aliphatic heterocycles. The zero-order valence-electron chi connectivity index (χ0n) is 13.9. The van der Waals surface area contributed by atoms with Gasteiger partial charge < -0.3 is 10.1 Å². The van der Waals surface area contributed by atoms with E-state index in [1.807, 2.05) is 12.1 Å². The molecule has 0 saturated carbocycles. The molecule has 3 nitrogen and oxygen atoms in total. The molecule has 5 heteroatoms. The summed E-state index contributed by atoms with van der Waals surface area (Å²) in [6.45, 7) is 4.85. The Morgan fingerprint density at radius 1 is 1.43 bits per heavy atom. The molecule has 1 N–H and O–H groups in total. The van der Waals surface area contributed by atoms with Gasteiger partial charge in [0.2, 0.25) is 0 Å². The highest BCUT2D eigenvalue weighted by atomic mass is 35.5. The average Bonchev–Trinajstić information content (AvgIpc) is 2.56. The molecule has 0 bridgehead atoms. The monoisotopic (exact) mass is 355 g/mol. The SMILES string of the molecule is CCCCC(CC)COC(=O)CCSc1cccc(C=N)c1Cl. The number of unbranched alkanes of at least 4 members (excludes halogenated alkanes) is 1. The van der Waals surface area contributed by atoms with Crippen LogP contribution in [-0.4, -0.2) is 24.5 Å². The Bertz CT molecular complexity index is 508. The zero-order chi connectivity index (χ0) is 17.1. The minimum atomic E-state index is -0.147. The highest BCUT2D eigenvalue weighted by molar-refractivity contribution is 7.99. The second-order valence-electron chi connectivity index (χ2n) is 5.50. The number of thioether (sulfide) groups is 1. The van der Waals surface area contributed by atoms with Gasteiger partial charge in [-0.25, -0.2) is 0 Å². The van der Waals surface area contributed by atoms with E-state index in [0.717, 1.165) is 17.7 Å². The minimum absolute atomic E-state index is 0.147. The van der Waals surface area contributed by atoms with Gasteiger partial charge in [-0.3, -0.25) is 4.79 Å². The molecule has 1 atom stereocenters. The maximum atomic E-state index is 11.8. The topological polar surface area (TPSA) is 50.2 Å². The van der Waals surface area contributed by atoms with Gasteiger partial charge in [-0.1, -0.05) is 56.8 Å². The van der Waals surface area contributed by atoms with Crippen LogP contribution in [0.4, 0.5) is 0 Å². The van der Waals surface area contributed by atoms with Gasteiger partial charge in [0.05, 0.1) is 18.1 Å². The average molecular weight is 356 g/mol. The van der Waals surface area contributed by atoms with E-state index in [1.54, 1.807) is 6.07 Å². The van der Waals surface area contributed by atoms with Crippen LogP contribution in [-0.2, 0) is 9.53 Å². The number of ether oxygens (including phenoxy) is 1. The molecule has 0 aliphatic rings. The largest absolute Gasteiger partial charge is 0.465 e. The molecular formula is C18H26ClNO2S. The maximum Gasteiger partial charge on any atom is 0.306 e. The molecule has 0 fully saturated rings. The Kier molecular flexibility index (Phi) is 10.0. The van der Waals surface area contributed by atoms with E-state index in [9.17, 15) is 4.79 Å².